The highest BCUT2D eigenvalue weighted by Gasteiger charge is 2.58. The molecule has 2 saturated carbocycles. The highest BCUT2D eigenvalue weighted by molar-refractivity contribution is 5.12. The molecule has 0 spiro atoms. The molecule has 2 unspecified atom stereocenters. The Morgan fingerprint density at radius 2 is 1.90 bits per heavy atom. The summed E-state index contributed by atoms with van der Waals surface area (Å²) in [4.78, 5) is 2.65. The van der Waals surface area contributed by atoms with Gasteiger partial charge in [0.2, 0.25) is 0 Å². The van der Waals surface area contributed by atoms with Crippen LogP contribution in [0, 0.1) is 22.7 Å². The topological polar surface area (TPSA) is 15.3 Å². The second-order valence-corrected chi connectivity index (χ2v) is 8.87. The van der Waals surface area contributed by atoms with Gasteiger partial charge in [-0.25, -0.2) is 0 Å². The summed E-state index contributed by atoms with van der Waals surface area (Å²) in [6.45, 7) is 15.1. The normalized spacial score (nSPS) is 41.4. The summed E-state index contributed by atoms with van der Waals surface area (Å²) in [5, 5.41) is 3.99. The largest absolute Gasteiger partial charge is 0.313 e. The lowest BCUT2D eigenvalue weighted by Gasteiger charge is -2.44. The maximum atomic E-state index is 3.99. The number of nitrogens with one attached hydrogen (secondary N) is 1. The molecule has 0 aromatic carbocycles. The first kappa shape index (κ1) is 14.8. The lowest BCUT2D eigenvalue weighted by atomic mass is 9.68. The fourth-order valence-electron chi connectivity index (χ4n) is 5.60. The van der Waals surface area contributed by atoms with Gasteiger partial charge in [-0.1, -0.05) is 27.7 Å². The molecule has 116 valence electrons. The molecule has 1 heterocycles. The molecule has 3 aliphatic rings. The summed E-state index contributed by atoms with van der Waals surface area (Å²) < 4.78 is 0. The minimum atomic E-state index is 0.500. The molecule has 0 aromatic heterocycles. The second-order valence-electron chi connectivity index (χ2n) is 8.87. The zero-order valence-electron chi connectivity index (χ0n) is 14.0. The van der Waals surface area contributed by atoms with Crippen LogP contribution in [0.3, 0.4) is 0 Å². The van der Waals surface area contributed by atoms with Gasteiger partial charge >= 0.3 is 0 Å². The van der Waals surface area contributed by atoms with Gasteiger partial charge in [-0.2, -0.15) is 0 Å². The summed E-state index contributed by atoms with van der Waals surface area (Å²) in [5.74, 6) is 1.74. The molecule has 2 heteroatoms. The van der Waals surface area contributed by atoms with Crippen molar-refractivity contribution in [3.63, 3.8) is 0 Å². The molecule has 1 saturated heterocycles. The smallest absolute Gasteiger partial charge is 0.0175 e. The van der Waals surface area contributed by atoms with E-state index in [9.17, 15) is 0 Å². The van der Waals surface area contributed by atoms with E-state index >= 15 is 0 Å². The number of likely N-dealkylation sites (tertiary alicyclic amines) is 1. The van der Waals surface area contributed by atoms with E-state index in [1.807, 2.05) is 0 Å². The molecule has 3 rings (SSSR count). The first-order valence-electron chi connectivity index (χ1n) is 8.87. The van der Waals surface area contributed by atoms with Crippen LogP contribution in [0.5, 0.6) is 0 Å². The molecule has 0 amide bonds. The Hall–Kier alpha value is -0.0800. The molecule has 2 bridgehead atoms. The summed E-state index contributed by atoms with van der Waals surface area (Å²) in [5.41, 5.74) is 1.07. The van der Waals surface area contributed by atoms with Gasteiger partial charge in [-0.05, 0) is 74.4 Å². The average molecular weight is 278 g/mol. The van der Waals surface area contributed by atoms with Crippen molar-refractivity contribution in [2.75, 3.05) is 26.2 Å². The fraction of sp³-hybridized carbons (Fsp3) is 1.00. The average Bonchev–Trinajstić information content (AvgIpc) is 3.02. The van der Waals surface area contributed by atoms with Crippen LogP contribution in [-0.2, 0) is 0 Å². The molecule has 20 heavy (non-hydrogen) atoms. The minimum absolute atomic E-state index is 0.500. The van der Waals surface area contributed by atoms with Gasteiger partial charge in [0, 0.05) is 12.6 Å². The van der Waals surface area contributed by atoms with Crippen LogP contribution in [0.1, 0.15) is 59.8 Å². The quantitative estimate of drug-likeness (QED) is 0.828. The van der Waals surface area contributed by atoms with Crippen LogP contribution in [-0.4, -0.2) is 37.1 Å². The van der Waals surface area contributed by atoms with Gasteiger partial charge in [0.25, 0.3) is 0 Å². The van der Waals surface area contributed by atoms with Gasteiger partial charge in [0.15, 0.2) is 0 Å². The van der Waals surface area contributed by atoms with Crippen LogP contribution in [0.4, 0.5) is 0 Å². The molecular weight excluding hydrogens is 244 g/mol. The molecule has 4 atom stereocenters. The van der Waals surface area contributed by atoms with Crippen molar-refractivity contribution in [3.8, 4) is 0 Å². The summed E-state index contributed by atoms with van der Waals surface area (Å²) in [6, 6.07) is 0.731. The molecule has 1 N–H and O–H groups in total. The minimum Gasteiger partial charge on any atom is -0.313 e. The van der Waals surface area contributed by atoms with Crippen molar-refractivity contribution < 1.29 is 0 Å². The standard InChI is InChI=1S/C18H34N2/c1-14(13-20-9-5-6-10-20)12-19-16-17(2,3)15-7-8-18(16,4)11-15/h14-16,19H,5-13H2,1-4H3/t14?,15-,16?,18+/m0/s1. The highest BCUT2D eigenvalue weighted by Crippen LogP contribution is 2.62. The fourth-order valence-corrected chi connectivity index (χ4v) is 5.60. The highest BCUT2D eigenvalue weighted by atomic mass is 15.1. The number of nitrogens with zero attached hydrogens (tertiary/aromatic N) is 1. The third kappa shape index (κ3) is 2.54. The van der Waals surface area contributed by atoms with Crippen molar-refractivity contribution in [1.82, 2.24) is 10.2 Å². The predicted octanol–water partition coefficient (Wildman–Crippen LogP) is 3.52. The van der Waals surface area contributed by atoms with Gasteiger partial charge in [0.1, 0.15) is 0 Å². The van der Waals surface area contributed by atoms with Crippen LogP contribution >= 0.6 is 0 Å². The van der Waals surface area contributed by atoms with E-state index in [0.29, 0.717) is 10.8 Å². The van der Waals surface area contributed by atoms with E-state index < -0.39 is 0 Å². The number of hydrogen-bond donors (Lipinski definition) is 1. The molecule has 1 aliphatic heterocycles. The van der Waals surface area contributed by atoms with Crippen LogP contribution in [0.25, 0.3) is 0 Å². The van der Waals surface area contributed by atoms with Gasteiger partial charge in [-0.3, -0.25) is 0 Å². The van der Waals surface area contributed by atoms with Crippen molar-refractivity contribution in [2.24, 2.45) is 22.7 Å². The van der Waals surface area contributed by atoms with Gasteiger partial charge < -0.3 is 10.2 Å². The van der Waals surface area contributed by atoms with Gasteiger partial charge in [0.05, 0.1) is 0 Å². The molecule has 2 aliphatic carbocycles. The Morgan fingerprint density at radius 3 is 2.50 bits per heavy atom. The molecule has 0 aromatic rings. The van der Waals surface area contributed by atoms with E-state index in [1.165, 1.54) is 58.3 Å². The van der Waals surface area contributed by atoms with Crippen LogP contribution in [0.2, 0.25) is 0 Å². The number of fused-ring (bicyclic) bond motifs is 2. The SMILES string of the molecule is CC(CNC1C(C)(C)[C@H]2CC[C@]1(C)C2)CN1CCCC1. The zero-order chi connectivity index (χ0) is 14.4. The van der Waals surface area contributed by atoms with Crippen molar-refractivity contribution >= 4 is 0 Å². The zero-order valence-corrected chi connectivity index (χ0v) is 14.0. The Balaban J connectivity index is 1.52. The summed E-state index contributed by atoms with van der Waals surface area (Å²) in [7, 11) is 0. The lowest BCUT2D eigenvalue weighted by molar-refractivity contribution is 0.104. The number of rotatable bonds is 5. The van der Waals surface area contributed by atoms with Crippen molar-refractivity contribution in [1.29, 1.82) is 0 Å². The van der Waals surface area contributed by atoms with Crippen LogP contribution < -0.4 is 5.32 Å². The maximum absolute atomic E-state index is 3.99. The Kier molecular flexibility index (Phi) is 3.92. The third-order valence-corrected chi connectivity index (χ3v) is 6.71. The Morgan fingerprint density at radius 1 is 1.20 bits per heavy atom. The van der Waals surface area contributed by atoms with Crippen molar-refractivity contribution in [3.05, 3.63) is 0 Å². The monoisotopic (exact) mass is 278 g/mol. The first-order chi connectivity index (χ1) is 9.42. The molecule has 0 radical (unpaired) electrons. The summed E-state index contributed by atoms with van der Waals surface area (Å²) in [6.07, 6.45) is 7.19. The van der Waals surface area contributed by atoms with Crippen LogP contribution in [0.15, 0.2) is 0 Å². The van der Waals surface area contributed by atoms with E-state index in [2.05, 4.69) is 37.9 Å². The molecular formula is C18H34N2. The van der Waals surface area contributed by atoms with E-state index in [0.717, 1.165) is 17.9 Å². The van der Waals surface area contributed by atoms with E-state index in [-0.39, 0.29) is 0 Å². The molecule has 2 nitrogen and oxygen atoms in total. The Labute approximate surface area is 125 Å². The third-order valence-electron chi connectivity index (χ3n) is 6.71. The Bertz CT molecular complexity index is 341. The first-order valence-corrected chi connectivity index (χ1v) is 8.87. The maximum Gasteiger partial charge on any atom is 0.0175 e. The predicted molar refractivity (Wildman–Crippen MR) is 85.9 cm³/mol. The van der Waals surface area contributed by atoms with Gasteiger partial charge in [-0.15, -0.1) is 0 Å². The lowest BCUT2D eigenvalue weighted by Crippen LogP contribution is -2.51. The van der Waals surface area contributed by atoms with E-state index in [4.69, 9.17) is 0 Å². The van der Waals surface area contributed by atoms with Crippen molar-refractivity contribution in [2.45, 2.75) is 65.8 Å². The summed E-state index contributed by atoms with van der Waals surface area (Å²) >= 11 is 0. The number of hydrogen-bond acceptors (Lipinski definition) is 2. The van der Waals surface area contributed by atoms with E-state index in [1.54, 1.807) is 0 Å². The molecule has 3 fully saturated rings. The second kappa shape index (κ2) is 5.28.